The van der Waals surface area contributed by atoms with Crippen LogP contribution >= 0.6 is 0 Å². The van der Waals surface area contributed by atoms with Gasteiger partial charge in [-0.1, -0.05) is 0 Å². The summed E-state index contributed by atoms with van der Waals surface area (Å²) in [5.74, 6) is 1.67. The average Bonchev–Trinajstić information content (AvgIpc) is 3.06. The van der Waals surface area contributed by atoms with Crippen molar-refractivity contribution in [2.45, 2.75) is 19.8 Å². The van der Waals surface area contributed by atoms with Crippen molar-refractivity contribution in [3.05, 3.63) is 48.0 Å². The van der Waals surface area contributed by atoms with Crippen LogP contribution in [0.25, 0.3) is 11.0 Å². The van der Waals surface area contributed by atoms with Gasteiger partial charge in [-0.25, -0.2) is 0 Å². The van der Waals surface area contributed by atoms with Crippen LogP contribution < -0.4 is 9.38 Å². The number of rotatable bonds is 3. The average molecular weight is 381 g/mol. The van der Waals surface area contributed by atoms with Gasteiger partial charge in [0.1, 0.15) is 0 Å². The molecule has 1 aliphatic rings. The number of nitrogens with zero attached hydrogens (tertiary/aromatic N) is 5. The maximum absolute atomic E-state index is 4.81. The van der Waals surface area contributed by atoms with E-state index in [-0.39, 0.29) is 0 Å². The third-order valence-electron chi connectivity index (χ3n) is 4.58. The van der Waals surface area contributed by atoms with E-state index in [2.05, 4.69) is 51.0 Å². The Labute approximate surface area is 150 Å². The van der Waals surface area contributed by atoms with Crippen molar-refractivity contribution in [3.8, 4) is 0 Å². The Morgan fingerprint density at radius 1 is 1.17 bits per heavy atom. The summed E-state index contributed by atoms with van der Waals surface area (Å²) in [6.07, 6.45) is 5.79. The first-order chi connectivity index (χ1) is 11.7. The van der Waals surface area contributed by atoms with Gasteiger partial charge in [-0.2, -0.15) is 0 Å². The van der Waals surface area contributed by atoms with Crippen LogP contribution in [0.1, 0.15) is 17.7 Å². The van der Waals surface area contributed by atoms with Crippen LogP contribution in [-0.4, -0.2) is 49.9 Å². The summed E-state index contributed by atoms with van der Waals surface area (Å²) in [7, 11) is 0. The van der Waals surface area contributed by atoms with Gasteiger partial charge in [0.05, 0.1) is 0 Å². The molecule has 0 bridgehead atoms. The Bertz CT molecular complexity index is 865. The molecule has 122 valence electrons. The molecule has 0 N–H and O–H groups in total. The van der Waals surface area contributed by atoms with Crippen molar-refractivity contribution in [2.24, 2.45) is 5.92 Å². The van der Waals surface area contributed by atoms with E-state index in [9.17, 15) is 0 Å². The Morgan fingerprint density at radius 3 is 2.92 bits per heavy atom. The number of anilines is 1. The molecule has 2 unspecified atom stereocenters. The van der Waals surface area contributed by atoms with Gasteiger partial charge < -0.3 is 0 Å². The summed E-state index contributed by atoms with van der Waals surface area (Å²) in [6.45, 7) is 4.16. The van der Waals surface area contributed by atoms with Crippen molar-refractivity contribution >= 4 is 38.2 Å². The molecule has 3 aromatic rings. The summed E-state index contributed by atoms with van der Waals surface area (Å²) in [5, 5.41) is 0. The van der Waals surface area contributed by atoms with Crippen LogP contribution in [0.15, 0.2) is 36.8 Å². The van der Waals surface area contributed by atoms with E-state index in [1.54, 1.807) is 6.33 Å². The molecule has 1 saturated heterocycles. The van der Waals surface area contributed by atoms with Gasteiger partial charge in [0.15, 0.2) is 0 Å². The number of hydrogen-bond donors (Lipinski definition) is 0. The number of pyridine rings is 2. The normalized spacial score (nSPS) is 17.6. The van der Waals surface area contributed by atoms with Crippen LogP contribution in [0.3, 0.4) is 0 Å². The van der Waals surface area contributed by atoms with Gasteiger partial charge in [0.2, 0.25) is 0 Å². The summed E-state index contributed by atoms with van der Waals surface area (Å²) < 4.78 is 0.994. The summed E-state index contributed by atoms with van der Waals surface area (Å²) in [4.78, 5) is 20.3. The fourth-order valence-corrected chi connectivity index (χ4v) is 3.83. The number of hydrogen-bond acceptors (Lipinski definition) is 5. The summed E-state index contributed by atoms with van der Waals surface area (Å²) in [6, 6.07) is 8.42. The standard InChI is InChI=1S/C18H20AsN5/c1-12-2-3-14(20-9-12)8-13-6-7-24(10-13)16-5-4-15-17(23-16)18(19)22-11-21-15/h2-5,9,11,13H,6-8,10,19H2,1H3. The Morgan fingerprint density at radius 2 is 2.08 bits per heavy atom. The van der Waals surface area contributed by atoms with Crippen molar-refractivity contribution in [1.82, 2.24) is 19.9 Å². The molecule has 0 amide bonds. The monoisotopic (exact) mass is 381 g/mol. The molecular formula is C18H20AsN5. The second-order valence-corrected chi connectivity index (χ2v) is 7.58. The van der Waals surface area contributed by atoms with Gasteiger partial charge in [0.25, 0.3) is 0 Å². The van der Waals surface area contributed by atoms with Crippen molar-refractivity contribution < 1.29 is 0 Å². The molecule has 6 heteroatoms. The molecule has 4 rings (SSSR count). The molecule has 4 heterocycles. The zero-order valence-corrected chi connectivity index (χ0v) is 16.1. The second-order valence-electron chi connectivity index (χ2n) is 6.43. The maximum atomic E-state index is 4.81. The molecule has 2 atom stereocenters. The molecule has 0 saturated carbocycles. The Balaban J connectivity index is 1.50. The summed E-state index contributed by atoms with van der Waals surface area (Å²) >= 11 is 1.49. The summed E-state index contributed by atoms with van der Waals surface area (Å²) in [5.41, 5.74) is 4.25. The molecule has 1 aliphatic heterocycles. The topological polar surface area (TPSA) is 54.8 Å². The zero-order valence-electron chi connectivity index (χ0n) is 13.7. The molecule has 1 fully saturated rings. The predicted molar refractivity (Wildman–Crippen MR) is 98.5 cm³/mol. The Kier molecular flexibility index (Phi) is 4.19. The van der Waals surface area contributed by atoms with Crippen molar-refractivity contribution in [3.63, 3.8) is 0 Å². The van der Waals surface area contributed by atoms with Gasteiger partial charge in [0, 0.05) is 0 Å². The third kappa shape index (κ3) is 3.13. The predicted octanol–water partition coefficient (Wildman–Crippen LogP) is 1.06. The van der Waals surface area contributed by atoms with Crippen molar-refractivity contribution in [2.75, 3.05) is 18.0 Å². The minimum atomic E-state index is 0.634. The fraction of sp³-hybridized carbons (Fsp3) is 0.333. The van der Waals surface area contributed by atoms with E-state index >= 15 is 0 Å². The molecule has 5 nitrogen and oxygen atoms in total. The van der Waals surface area contributed by atoms with Gasteiger partial charge in [-0.3, -0.25) is 0 Å². The minimum absolute atomic E-state index is 0.634. The van der Waals surface area contributed by atoms with Gasteiger partial charge in [-0.05, 0) is 6.92 Å². The van der Waals surface area contributed by atoms with Gasteiger partial charge in [-0.15, -0.1) is 0 Å². The first kappa shape index (κ1) is 15.5. The van der Waals surface area contributed by atoms with E-state index in [4.69, 9.17) is 4.98 Å². The van der Waals surface area contributed by atoms with Crippen LogP contribution in [0, 0.1) is 12.8 Å². The molecule has 0 aliphatic carbocycles. The molecular weight excluding hydrogens is 361 g/mol. The van der Waals surface area contributed by atoms with Crippen LogP contribution in [0.5, 0.6) is 0 Å². The van der Waals surface area contributed by atoms with Crippen LogP contribution in [-0.2, 0) is 6.42 Å². The van der Waals surface area contributed by atoms with Crippen LogP contribution in [0.4, 0.5) is 5.82 Å². The molecule has 24 heavy (non-hydrogen) atoms. The second kappa shape index (κ2) is 6.48. The molecule has 0 radical (unpaired) electrons. The van der Waals surface area contributed by atoms with Crippen molar-refractivity contribution in [1.29, 1.82) is 0 Å². The van der Waals surface area contributed by atoms with E-state index < -0.39 is 0 Å². The number of aryl methyl sites for hydroxylation is 1. The zero-order chi connectivity index (χ0) is 16.5. The van der Waals surface area contributed by atoms with E-state index in [0.29, 0.717) is 5.92 Å². The molecule has 0 spiro atoms. The quantitative estimate of drug-likeness (QED) is 0.635. The molecule has 0 aromatic carbocycles. The Hall–Kier alpha value is -2.00. The van der Waals surface area contributed by atoms with E-state index in [0.717, 1.165) is 40.8 Å². The number of fused-ring (bicyclic) bond motifs is 1. The van der Waals surface area contributed by atoms with Crippen LogP contribution in [0.2, 0.25) is 0 Å². The van der Waals surface area contributed by atoms with E-state index in [1.165, 1.54) is 34.5 Å². The fourth-order valence-electron chi connectivity index (χ4n) is 3.25. The third-order valence-corrected chi connectivity index (χ3v) is 5.46. The first-order valence-electron chi connectivity index (χ1n) is 8.23. The van der Waals surface area contributed by atoms with E-state index in [1.807, 2.05) is 6.20 Å². The SMILES string of the molecule is Cc1ccc(CC2CCN(c3ccc4ncnc([AsH2])c4n3)C2)nc1. The number of aromatic nitrogens is 4. The first-order valence-corrected chi connectivity index (χ1v) is 9.44. The molecule has 3 aromatic heterocycles. The van der Waals surface area contributed by atoms with Gasteiger partial charge >= 0.3 is 143 Å².